The summed E-state index contributed by atoms with van der Waals surface area (Å²) in [6.07, 6.45) is 1.68. The summed E-state index contributed by atoms with van der Waals surface area (Å²) in [6.45, 7) is 4.28. The van der Waals surface area contributed by atoms with Crippen molar-refractivity contribution in [3.05, 3.63) is 38.3 Å². The lowest BCUT2D eigenvalue weighted by Gasteiger charge is -2.12. The van der Waals surface area contributed by atoms with Crippen molar-refractivity contribution in [2.24, 2.45) is 5.92 Å². The average molecular weight is 365 g/mol. The van der Waals surface area contributed by atoms with Gasteiger partial charge in [0.15, 0.2) is 0 Å². The Morgan fingerprint density at radius 2 is 2.06 bits per heavy atom. The van der Waals surface area contributed by atoms with Crippen molar-refractivity contribution in [3.8, 4) is 0 Å². The topological polar surface area (TPSA) is 43.1 Å². The maximum atomic E-state index is 10.9. The lowest BCUT2D eigenvalue weighted by molar-refractivity contribution is -0.385. The fraction of sp³-hybridized carbons (Fsp3) is 0.500. The Bertz CT molecular complexity index is 407. The lowest BCUT2D eigenvalue weighted by Crippen LogP contribution is -2.08. The van der Waals surface area contributed by atoms with Crippen molar-refractivity contribution in [3.63, 3.8) is 0 Å². The zero-order valence-electron chi connectivity index (χ0n) is 9.82. The summed E-state index contributed by atoms with van der Waals surface area (Å²) in [5, 5.41) is 10.9. The van der Waals surface area contributed by atoms with E-state index in [1.807, 2.05) is 6.07 Å². The van der Waals surface area contributed by atoms with Crippen LogP contribution in [0, 0.1) is 16.0 Å². The highest BCUT2D eigenvalue weighted by atomic mass is 79.9. The number of halogens is 2. The first kappa shape index (κ1) is 14.6. The second-order valence-electron chi connectivity index (χ2n) is 4.46. The number of hydrogen-bond donors (Lipinski definition) is 0. The Morgan fingerprint density at radius 3 is 2.59 bits per heavy atom. The van der Waals surface area contributed by atoms with Crippen LogP contribution in [0.3, 0.4) is 0 Å². The number of rotatable bonds is 5. The van der Waals surface area contributed by atoms with Crippen molar-refractivity contribution >= 4 is 37.5 Å². The summed E-state index contributed by atoms with van der Waals surface area (Å²) in [6, 6.07) is 5.08. The molecule has 0 amide bonds. The van der Waals surface area contributed by atoms with Crippen molar-refractivity contribution in [1.29, 1.82) is 0 Å². The summed E-state index contributed by atoms with van der Waals surface area (Å²) in [5.74, 6) is 0.575. The molecule has 0 aliphatic heterocycles. The van der Waals surface area contributed by atoms with E-state index in [1.165, 1.54) is 0 Å². The molecule has 5 heteroatoms. The van der Waals surface area contributed by atoms with Crippen LogP contribution in [0.5, 0.6) is 0 Å². The van der Waals surface area contributed by atoms with Gasteiger partial charge in [-0.05, 0) is 30.9 Å². The molecule has 0 saturated heterocycles. The molecule has 3 nitrogen and oxygen atoms in total. The third-order valence-electron chi connectivity index (χ3n) is 2.41. The van der Waals surface area contributed by atoms with Crippen molar-refractivity contribution < 1.29 is 4.92 Å². The first-order valence-corrected chi connectivity index (χ1v) is 7.18. The minimum Gasteiger partial charge on any atom is -0.258 e. The number of nitro groups is 1. The Balaban J connectivity index is 2.88. The van der Waals surface area contributed by atoms with Crippen molar-refractivity contribution in [2.75, 3.05) is 0 Å². The molecule has 94 valence electrons. The highest BCUT2D eigenvalue weighted by Crippen LogP contribution is 2.27. The van der Waals surface area contributed by atoms with Gasteiger partial charge in [-0.3, -0.25) is 10.1 Å². The molecule has 0 radical (unpaired) electrons. The highest BCUT2D eigenvalue weighted by Gasteiger charge is 2.17. The first-order valence-electron chi connectivity index (χ1n) is 5.47. The molecule has 0 fully saturated rings. The third kappa shape index (κ3) is 4.76. The van der Waals surface area contributed by atoms with E-state index in [4.69, 9.17) is 0 Å². The molecule has 0 aliphatic carbocycles. The van der Waals surface area contributed by atoms with Gasteiger partial charge >= 0.3 is 0 Å². The van der Waals surface area contributed by atoms with Crippen LogP contribution in [0.25, 0.3) is 0 Å². The van der Waals surface area contributed by atoms with E-state index in [-0.39, 0.29) is 15.4 Å². The summed E-state index contributed by atoms with van der Waals surface area (Å²) >= 11 is 6.93. The van der Waals surface area contributed by atoms with Gasteiger partial charge in [0.1, 0.15) is 0 Å². The van der Waals surface area contributed by atoms with Crippen LogP contribution in [-0.2, 0) is 6.42 Å². The lowest BCUT2D eigenvalue weighted by atomic mass is 10.0. The summed E-state index contributed by atoms with van der Waals surface area (Å²) in [5.41, 5.74) is 0.966. The Morgan fingerprint density at radius 1 is 1.41 bits per heavy atom. The molecule has 1 aromatic carbocycles. The van der Waals surface area contributed by atoms with Crippen LogP contribution < -0.4 is 0 Å². The Kier molecular flexibility index (Phi) is 5.59. The van der Waals surface area contributed by atoms with E-state index in [1.54, 1.807) is 12.1 Å². The SMILES string of the molecule is CC(C)CC(Br)Cc1cc(Br)ccc1[N+](=O)[O-]. The summed E-state index contributed by atoms with van der Waals surface area (Å²) in [7, 11) is 0. The number of benzene rings is 1. The number of alkyl halides is 1. The average Bonchev–Trinajstić information content (AvgIpc) is 2.15. The second kappa shape index (κ2) is 6.50. The number of hydrogen-bond acceptors (Lipinski definition) is 2. The maximum Gasteiger partial charge on any atom is 0.272 e. The van der Waals surface area contributed by atoms with Crippen molar-refractivity contribution in [1.82, 2.24) is 0 Å². The summed E-state index contributed by atoms with van der Waals surface area (Å²) < 4.78 is 0.877. The normalized spacial score (nSPS) is 12.8. The predicted molar refractivity (Wildman–Crippen MR) is 76.7 cm³/mol. The molecule has 17 heavy (non-hydrogen) atoms. The first-order chi connectivity index (χ1) is 7.90. The molecule has 1 rings (SSSR count). The standard InChI is InChI=1S/C12H15Br2NO2/c1-8(2)5-11(14)7-9-6-10(13)3-4-12(9)15(16)17/h3-4,6,8,11H,5,7H2,1-2H3. The molecule has 0 aliphatic rings. The Labute approximate surface area is 118 Å². The molecular formula is C12H15Br2NO2. The Hall–Kier alpha value is -0.420. The molecule has 0 spiro atoms. The molecule has 0 N–H and O–H groups in total. The monoisotopic (exact) mass is 363 g/mol. The zero-order chi connectivity index (χ0) is 13.0. The van der Waals surface area contributed by atoms with Crippen LogP contribution in [0.15, 0.2) is 22.7 Å². The summed E-state index contributed by atoms with van der Waals surface area (Å²) in [4.78, 5) is 10.9. The van der Waals surface area contributed by atoms with E-state index in [0.29, 0.717) is 12.3 Å². The highest BCUT2D eigenvalue weighted by molar-refractivity contribution is 9.10. The van der Waals surface area contributed by atoms with Gasteiger partial charge in [0.2, 0.25) is 0 Å². The van der Waals surface area contributed by atoms with Gasteiger partial charge in [-0.15, -0.1) is 0 Å². The van der Waals surface area contributed by atoms with E-state index in [0.717, 1.165) is 16.5 Å². The molecule has 0 bridgehead atoms. The molecule has 1 unspecified atom stereocenters. The molecule has 0 heterocycles. The van der Waals surface area contributed by atoms with E-state index in [9.17, 15) is 10.1 Å². The van der Waals surface area contributed by atoms with Crippen LogP contribution in [0.4, 0.5) is 5.69 Å². The molecule has 1 aromatic rings. The van der Waals surface area contributed by atoms with Crippen molar-refractivity contribution in [2.45, 2.75) is 31.5 Å². The fourth-order valence-corrected chi connectivity index (χ4v) is 3.23. The van der Waals surface area contributed by atoms with Crippen LogP contribution >= 0.6 is 31.9 Å². The maximum absolute atomic E-state index is 10.9. The van der Waals surface area contributed by atoms with Gasteiger partial charge in [0.25, 0.3) is 5.69 Å². The second-order valence-corrected chi connectivity index (χ2v) is 6.67. The third-order valence-corrected chi connectivity index (χ3v) is 3.60. The molecule has 1 atom stereocenters. The zero-order valence-corrected chi connectivity index (χ0v) is 13.0. The van der Waals surface area contributed by atoms with E-state index >= 15 is 0 Å². The van der Waals surface area contributed by atoms with Crippen LogP contribution in [-0.4, -0.2) is 9.75 Å². The van der Waals surface area contributed by atoms with E-state index in [2.05, 4.69) is 45.7 Å². The van der Waals surface area contributed by atoms with Gasteiger partial charge in [0, 0.05) is 20.9 Å². The minimum absolute atomic E-state index is 0.196. The predicted octanol–water partition coefficient (Wildman–Crippen LogP) is 4.71. The van der Waals surface area contributed by atoms with Gasteiger partial charge in [-0.1, -0.05) is 45.7 Å². The van der Waals surface area contributed by atoms with Crippen LogP contribution in [0.1, 0.15) is 25.8 Å². The van der Waals surface area contributed by atoms with E-state index < -0.39 is 0 Å². The number of nitrogens with zero attached hydrogens (tertiary/aromatic N) is 1. The van der Waals surface area contributed by atoms with Gasteiger partial charge in [0.05, 0.1) is 4.92 Å². The molecule has 0 aromatic heterocycles. The fourth-order valence-electron chi connectivity index (χ4n) is 1.73. The molecule has 0 saturated carbocycles. The van der Waals surface area contributed by atoms with Gasteiger partial charge in [-0.25, -0.2) is 0 Å². The van der Waals surface area contributed by atoms with Gasteiger partial charge in [-0.2, -0.15) is 0 Å². The quantitative estimate of drug-likeness (QED) is 0.431. The van der Waals surface area contributed by atoms with Gasteiger partial charge < -0.3 is 0 Å². The number of nitro benzene ring substituents is 1. The molecular weight excluding hydrogens is 350 g/mol. The minimum atomic E-state index is -0.323. The largest absolute Gasteiger partial charge is 0.272 e. The van der Waals surface area contributed by atoms with Crippen LogP contribution in [0.2, 0.25) is 0 Å². The smallest absolute Gasteiger partial charge is 0.258 e.